The SMILES string of the molecule is COC(=O)c1c(N)nsc1NC1CC1C. The van der Waals surface area contributed by atoms with E-state index in [-0.39, 0.29) is 5.82 Å². The molecule has 5 nitrogen and oxygen atoms in total. The number of nitrogens with two attached hydrogens (primary N) is 1. The summed E-state index contributed by atoms with van der Waals surface area (Å²) in [6.45, 7) is 2.15. The van der Waals surface area contributed by atoms with E-state index in [1.807, 2.05) is 0 Å². The van der Waals surface area contributed by atoms with E-state index in [0.717, 1.165) is 6.42 Å². The van der Waals surface area contributed by atoms with Crippen molar-refractivity contribution in [3.63, 3.8) is 0 Å². The average Bonchev–Trinajstić information content (AvgIpc) is 2.77. The number of hydrogen-bond donors (Lipinski definition) is 2. The summed E-state index contributed by atoms with van der Waals surface area (Å²) in [6, 6.07) is 0.438. The van der Waals surface area contributed by atoms with Crippen LogP contribution in [-0.2, 0) is 4.74 Å². The molecule has 6 heteroatoms. The molecule has 1 saturated carbocycles. The third-order valence-corrected chi connectivity index (χ3v) is 3.33. The van der Waals surface area contributed by atoms with E-state index in [4.69, 9.17) is 5.73 Å². The van der Waals surface area contributed by atoms with Crippen LogP contribution >= 0.6 is 11.5 Å². The number of rotatable bonds is 3. The molecule has 0 spiro atoms. The summed E-state index contributed by atoms with van der Waals surface area (Å²) in [6.07, 6.45) is 1.12. The van der Waals surface area contributed by atoms with Crippen molar-refractivity contribution < 1.29 is 9.53 Å². The molecule has 2 unspecified atom stereocenters. The van der Waals surface area contributed by atoms with Crippen LogP contribution in [0.15, 0.2) is 0 Å². The molecule has 15 heavy (non-hydrogen) atoms. The highest BCUT2D eigenvalue weighted by molar-refractivity contribution is 7.11. The van der Waals surface area contributed by atoms with Crippen molar-refractivity contribution in [2.75, 3.05) is 18.2 Å². The Morgan fingerprint density at radius 3 is 2.93 bits per heavy atom. The molecule has 1 fully saturated rings. The van der Waals surface area contributed by atoms with Crippen molar-refractivity contribution in [2.45, 2.75) is 19.4 Å². The second-order valence-electron chi connectivity index (χ2n) is 3.73. The Bertz CT molecular complexity index is 391. The summed E-state index contributed by atoms with van der Waals surface area (Å²) in [4.78, 5) is 11.4. The molecule has 1 aromatic heterocycles. The molecule has 3 N–H and O–H groups in total. The maximum Gasteiger partial charge on any atom is 0.344 e. The highest BCUT2D eigenvalue weighted by atomic mass is 32.1. The van der Waals surface area contributed by atoms with Crippen molar-refractivity contribution in [1.82, 2.24) is 4.37 Å². The minimum absolute atomic E-state index is 0.239. The zero-order chi connectivity index (χ0) is 11.0. The van der Waals surface area contributed by atoms with Crippen LogP contribution in [0.3, 0.4) is 0 Å². The summed E-state index contributed by atoms with van der Waals surface area (Å²) in [5, 5.41) is 3.96. The topological polar surface area (TPSA) is 77.2 Å². The number of nitrogen functional groups attached to an aromatic ring is 1. The predicted molar refractivity (Wildman–Crippen MR) is 59.1 cm³/mol. The third kappa shape index (κ3) is 1.90. The average molecular weight is 227 g/mol. The summed E-state index contributed by atoms with van der Waals surface area (Å²) in [7, 11) is 1.34. The molecular weight excluding hydrogens is 214 g/mol. The first-order valence-electron chi connectivity index (χ1n) is 4.73. The molecule has 0 saturated heterocycles. The molecule has 0 aromatic carbocycles. The van der Waals surface area contributed by atoms with Gasteiger partial charge in [-0.2, -0.15) is 4.37 Å². The fourth-order valence-electron chi connectivity index (χ4n) is 1.39. The van der Waals surface area contributed by atoms with Gasteiger partial charge in [0.2, 0.25) is 0 Å². The molecule has 0 aliphatic heterocycles. The number of ether oxygens (including phenoxy) is 1. The molecule has 0 radical (unpaired) electrons. The minimum Gasteiger partial charge on any atom is -0.465 e. The number of carbonyl (C=O) groups is 1. The molecule has 2 atom stereocenters. The van der Waals surface area contributed by atoms with Gasteiger partial charge in [0, 0.05) is 6.04 Å². The van der Waals surface area contributed by atoms with Crippen LogP contribution in [0, 0.1) is 5.92 Å². The lowest BCUT2D eigenvalue weighted by Crippen LogP contribution is -2.09. The second kappa shape index (κ2) is 3.69. The minimum atomic E-state index is -0.433. The van der Waals surface area contributed by atoms with E-state index < -0.39 is 5.97 Å². The molecule has 1 heterocycles. The lowest BCUT2D eigenvalue weighted by Gasteiger charge is -2.04. The quantitative estimate of drug-likeness (QED) is 0.762. The van der Waals surface area contributed by atoms with Crippen molar-refractivity contribution in [2.24, 2.45) is 5.92 Å². The van der Waals surface area contributed by atoms with Crippen LogP contribution in [0.1, 0.15) is 23.7 Å². The third-order valence-electron chi connectivity index (χ3n) is 2.53. The number of esters is 1. The number of hydrogen-bond acceptors (Lipinski definition) is 6. The predicted octanol–water partition coefficient (Wildman–Crippen LogP) is 1.33. The van der Waals surface area contributed by atoms with Crippen LogP contribution in [0.4, 0.5) is 10.8 Å². The maximum absolute atomic E-state index is 11.4. The van der Waals surface area contributed by atoms with Gasteiger partial charge in [0.05, 0.1) is 7.11 Å². The van der Waals surface area contributed by atoms with Crippen LogP contribution in [0.5, 0.6) is 0 Å². The van der Waals surface area contributed by atoms with E-state index >= 15 is 0 Å². The first-order valence-corrected chi connectivity index (χ1v) is 5.50. The summed E-state index contributed by atoms with van der Waals surface area (Å²) in [5.41, 5.74) is 5.97. The highest BCUT2D eigenvalue weighted by Gasteiger charge is 2.34. The van der Waals surface area contributed by atoms with E-state index in [2.05, 4.69) is 21.4 Å². The Hall–Kier alpha value is -1.30. The Kier molecular flexibility index (Phi) is 2.52. The Labute approximate surface area is 91.8 Å². The van der Waals surface area contributed by atoms with Gasteiger partial charge >= 0.3 is 5.97 Å². The first kappa shape index (κ1) is 10.2. The van der Waals surface area contributed by atoms with Gasteiger partial charge < -0.3 is 15.8 Å². The maximum atomic E-state index is 11.4. The lowest BCUT2D eigenvalue weighted by atomic mass is 10.3. The molecule has 2 rings (SSSR count). The van der Waals surface area contributed by atoms with Gasteiger partial charge in [-0.15, -0.1) is 0 Å². The number of carbonyl (C=O) groups excluding carboxylic acids is 1. The van der Waals surface area contributed by atoms with Gasteiger partial charge in [0.25, 0.3) is 0 Å². The van der Waals surface area contributed by atoms with Crippen molar-refractivity contribution in [1.29, 1.82) is 0 Å². The van der Waals surface area contributed by atoms with E-state index in [0.29, 0.717) is 22.5 Å². The van der Waals surface area contributed by atoms with Crippen LogP contribution in [-0.4, -0.2) is 23.5 Å². The van der Waals surface area contributed by atoms with Gasteiger partial charge in [-0.05, 0) is 23.9 Å². The van der Waals surface area contributed by atoms with Crippen molar-refractivity contribution >= 4 is 28.3 Å². The van der Waals surface area contributed by atoms with E-state index in [1.165, 1.54) is 18.6 Å². The summed E-state index contributed by atoms with van der Waals surface area (Å²) in [5.74, 6) is 0.457. The molecule has 1 aromatic rings. The van der Waals surface area contributed by atoms with Gasteiger partial charge in [-0.1, -0.05) is 6.92 Å². The second-order valence-corrected chi connectivity index (χ2v) is 4.50. The van der Waals surface area contributed by atoms with Gasteiger partial charge in [-0.25, -0.2) is 4.79 Å². The van der Waals surface area contributed by atoms with E-state index in [1.54, 1.807) is 0 Å². The van der Waals surface area contributed by atoms with E-state index in [9.17, 15) is 4.79 Å². The molecule has 82 valence electrons. The zero-order valence-corrected chi connectivity index (χ0v) is 9.43. The molecule has 0 bridgehead atoms. The number of aromatic nitrogens is 1. The van der Waals surface area contributed by atoms with Gasteiger partial charge in [0.15, 0.2) is 5.82 Å². The van der Waals surface area contributed by atoms with Crippen LogP contribution in [0.25, 0.3) is 0 Å². The largest absolute Gasteiger partial charge is 0.465 e. The van der Waals surface area contributed by atoms with Gasteiger partial charge in [-0.3, -0.25) is 0 Å². The Morgan fingerprint density at radius 1 is 1.73 bits per heavy atom. The Morgan fingerprint density at radius 2 is 2.40 bits per heavy atom. The Balaban J connectivity index is 2.19. The van der Waals surface area contributed by atoms with Crippen molar-refractivity contribution in [3.8, 4) is 0 Å². The van der Waals surface area contributed by atoms with Gasteiger partial charge in [0.1, 0.15) is 10.6 Å². The van der Waals surface area contributed by atoms with Crippen LogP contribution < -0.4 is 11.1 Å². The number of nitrogens with zero attached hydrogens (tertiary/aromatic N) is 1. The number of anilines is 2. The molecule has 1 aliphatic rings. The lowest BCUT2D eigenvalue weighted by molar-refractivity contribution is 0.0603. The fourth-order valence-corrected chi connectivity index (χ4v) is 2.16. The fraction of sp³-hybridized carbons (Fsp3) is 0.556. The van der Waals surface area contributed by atoms with Crippen molar-refractivity contribution in [3.05, 3.63) is 5.56 Å². The molecular formula is C9H13N3O2S. The smallest absolute Gasteiger partial charge is 0.344 e. The van der Waals surface area contributed by atoms with Crippen LogP contribution in [0.2, 0.25) is 0 Å². The monoisotopic (exact) mass is 227 g/mol. The molecule has 0 amide bonds. The number of nitrogens with one attached hydrogen (secondary N) is 1. The first-order chi connectivity index (χ1) is 7.13. The normalized spacial score (nSPS) is 23.6. The summed E-state index contributed by atoms with van der Waals surface area (Å²) < 4.78 is 8.60. The standard InChI is InChI=1S/C9H13N3O2S/c1-4-3-5(4)11-8-6(9(13)14-2)7(10)12-15-8/h4-5,11H,3H2,1-2H3,(H2,10,12). The zero-order valence-electron chi connectivity index (χ0n) is 8.61. The number of methoxy groups -OCH3 is 1. The summed E-state index contributed by atoms with van der Waals surface area (Å²) >= 11 is 1.20. The highest BCUT2D eigenvalue weighted by Crippen LogP contribution is 2.36. The molecule has 1 aliphatic carbocycles.